The van der Waals surface area contributed by atoms with E-state index in [1.165, 1.54) is 16.4 Å². The maximum atomic E-state index is 12.6. The Morgan fingerprint density at radius 1 is 1.07 bits per heavy atom. The summed E-state index contributed by atoms with van der Waals surface area (Å²) in [6.07, 6.45) is 0. The second-order valence-electron chi connectivity index (χ2n) is 5.51. The SMILES string of the molecule is CCN(CC)S(=O)(=O)c1ccc(OCc2ccc(Cl)c(Cl)c2)c([N+](=O)[O-])c1. The Bertz CT molecular complexity index is 946. The van der Waals surface area contributed by atoms with E-state index in [1.807, 2.05) is 0 Å². The lowest BCUT2D eigenvalue weighted by atomic mass is 10.2. The summed E-state index contributed by atoms with van der Waals surface area (Å²) in [6.45, 7) is 3.94. The van der Waals surface area contributed by atoms with Crippen LogP contribution in [0.1, 0.15) is 19.4 Å². The van der Waals surface area contributed by atoms with Gasteiger partial charge >= 0.3 is 5.69 Å². The minimum atomic E-state index is -3.81. The van der Waals surface area contributed by atoms with Gasteiger partial charge in [-0.25, -0.2) is 8.42 Å². The zero-order valence-electron chi connectivity index (χ0n) is 14.7. The number of nitro groups is 1. The minimum Gasteiger partial charge on any atom is -0.482 e. The van der Waals surface area contributed by atoms with E-state index in [0.717, 1.165) is 6.07 Å². The van der Waals surface area contributed by atoms with Gasteiger partial charge in [0.1, 0.15) is 6.61 Å². The van der Waals surface area contributed by atoms with Crippen molar-refractivity contribution in [1.82, 2.24) is 4.31 Å². The van der Waals surface area contributed by atoms with Crippen LogP contribution in [0.25, 0.3) is 0 Å². The van der Waals surface area contributed by atoms with Crippen molar-refractivity contribution in [3.63, 3.8) is 0 Å². The Morgan fingerprint density at radius 2 is 1.74 bits per heavy atom. The van der Waals surface area contributed by atoms with Gasteiger partial charge in [-0.2, -0.15) is 4.31 Å². The van der Waals surface area contributed by atoms with Crippen molar-refractivity contribution in [2.45, 2.75) is 25.3 Å². The topological polar surface area (TPSA) is 89.8 Å². The summed E-state index contributed by atoms with van der Waals surface area (Å²) in [5.41, 5.74) is 0.238. The lowest BCUT2D eigenvalue weighted by molar-refractivity contribution is -0.386. The van der Waals surface area contributed by atoms with Crippen molar-refractivity contribution in [1.29, 1.82) is 0 Å². The molecule has 0 radical (unpaired) electrons. The van der Waals surface area contributed by atoms with Gasteiger partial charge in [-0.05, 0) is 29.8 Å². The summed E-state index contributed by atoms with van der Waals surface area (Å²) in [5.74, 6) is -0.0374. The zero-order chi connectivity index (χ0) is 20.2. The first-order valence-electron chi connectivity index (χ1n) is 8.06. The highest BCUT2D eigenvalue weighted by atomic mass is 35.5. The molecule has 0 aromatic heterocycles. The van der Waals surface area contributed by atoms with Gasteiger partial charge in [0.2, 0.25) is 10.0 Å². The lowest BCUT2D eigenvalue weighted by Crippen LogP contribution is -2.30. The molecule has 0 N–H and O–H groups in total. The molecule has 0 fully saturated rings. The first-order chi connectivity index (χ1) is 12.7. The average molecular weight is 433 g/mol. The molecule has 0 bridgehead atoms. The fourth-order valence-corrected chi connectivity index (χ4v) is 4.22. The van der Waals surface area contributed by atoms with Crippen molar-refractivity contribution < 1.29 is 18.1 Å². The molecule has 2 aromatic rings. The second kappa shape index (κ2) is 8.88. The average Bonchev–Trinajstić information content (AvgIpc) is 2.63. The normalized spacial score (nSPS) is 11.6. The summed E-state index contributed by atoms with van der Waals surface area (Å²) in [6, 6.07) is 8.46. The number of hydrogen-bond acceptors (Lipinski definition) is 5. The summed E-state index contributed by atoms with van der Waals surface area (Å²) in [5, 5.41) is 12.1. The van der Waals surface area contributed by atoms with E-state index in [9.17, 15) is 18.5 Å². The number of benzene rings is 2. The lowest BCUT2D eigenvalue weighted by Gasteiger charge is -2.18. The van der Waals surface area contributed by atoms with Gasteiger partial charge in [0.15, 0.2) is 5.75 Å². The quantitative estimate of drug-likeness (QED) is 0.451. The number of ether oxygens (including phenoxy) is 1. The summed E-state index contributed by atoms with van der Waals surface area (Å²) >= 11 is 11.8. The Hall–Kier alpha value is -1.87. The van der Waals surface area contributed by atoms with Gasteiger partial charge < -0.3 is 4.74 Å². The highest BCUT2D eigenvalue weighted by Gasteiger charge is 2.26. The Balaban J connectivity index is 2.33. The van der Waals surface area contributed by atoms with Crippen molar-refractivity contribution >= 4 is 38.9 Å². The molecular weight excluding hydrogens is 415 g/mol. The van der Waals surface area contributed by atoms with Gasteiger partial charge in [0.25, 0.3) is 0 Å². The molecule has 0 aliphatic heterocycles. The minimum absolute atomic E-state index is 0.0138. The molecule has 0 saturated carbocycles. The fraction of sp³-hybridized carbons (Fsp3) is 0.294. The molecule has 27 heavy (non-hydrogen) atoms. The van der Waals surface area contributed by atoms with E-state index in [-0.39, 0.29) is 30.3 Å². The third-order valence-corrected chi connectivity index (χ3v) is 6.63. The van der Waals surface area contributed by atoms with Crippen LogP contribution in [0.5, 0.6) is 5.75 Å². The molecule has 146 valence electrons. The third-order valence-electron chi connectivity index (χ3n) is 3.85. The van der Waals surface area contributed by atoms with Crippen LogP contribution < -0.4 is 4.74 Å². The Morgan fingerprint density at radius 3 is 2.30 bits per heavy atom. The zero-order valence-corrected chi connectivity index (χ0v) is 17.0. The predicted molar refractivity (Wildman–Crippen MR) is 104 cm³/mol. The number of rotatable bonds is 8. The molecule has 7 nitrogen and oxygen atoms in total. The van der Waals surface area contributed by atoms with Crippen LogP contribution >= 0.6 is 23.2 Å². The van der Waals surface area contributed by atoms with Crippen molar-refractivity contribution in [3.8, 4) is 5.75 Å². The fourth-order valence-electron chi connectivity index (χ4n) is 2.43. The van der Waals surface area contributed by atoms with Crippen molar-refractivity contribution in [2.75, 3.05) is 13.1 Å². The maximum Gasteiger partial charge on any atom is 0.312 e. The van der Waals surface area contributed by atoms with Crippen LogP contribution in [0.3, 0.4) is 0 Å². The smallest absolute Gasteiger partial charge is 0.312 e. The Labute approximate surface area is 167 Å². The van der Waals surface area contributed by atoms with E-state index < -0.39 is 20.6 Å². The standard InChI is InChI=1S/C17H18Cl2N2O5S/c1-3-20(4-2)27(24,25)13-6-8-17(16(10-13)21(22)23)26-11-12-5-7-14(18)15(19)9-12/h5-10H,3-4,11H2,1-2H3. The van der Waals surface area contributed by atoms with Crippen LogP contribution in [-0.2, 0) is 16.6 Å². The van der Waals surface area contributed by atoms with Gasteiger partial charge in [0, 0.05) is 19.2 Å². The highest BCUT2D eigenvalue weighted by Crippen LogP contribution is 2.32. The van der Waals surface area contributed by atoms with Gasteiger partial charge in [0.05, 0.1) is 19.9 Å². The van der Waals surface area contributed by atoms with Crippen LogP contribution in [0.4, 0.5) is 5.69 Å². The summed E-state index contributed by atoms with van der Waals surface area (Å²) < 4.78 is 31.9. The Kier molecular flexibility index (Phi) is 7.05. The summed E-state index contributed by atoms with van der Waals surface area (Å²) in [7, 11) is -3.81. The van der Waals surface area contributed by atoms with Crippen LogP contribution in [0.2, 0.25) is 10.0 Å². The van der Waals surface area contributed by atoms with E-state index in [0.29, 0.717) is 15.6 Å². The van der Waals surface area contributed by atoms with E-state index in [1.54, 1.807) is 32.0 Å². The molecule has 0 saturated heterocycles. The van der Waals surface area contributed by atoms with E-state index in [4.69, 9.17) is 27.9 Å². The van der Waals surface area contributed by atoms with Gasteiger partial charge in [-0.1, -0.05) is 43.1 Å². The van der Waals surface area contributed by atoms with Crippen LogP contribution in [0.15, 0.2) is 41.3 Å². The molecule has 0 aliphatic carbocycles. The van der Waals surface area contributed by atoms with E-state index in [2.05, 4.69) is 0 Å². The number of sulfonamides is 1. The van der Waals surface area contributed by atoms with Crippen LogP contribution in [-0.4, -0.2) is 30.7 Å². The molecule has 0 unspecified atom stereocenters. The van der Waals surface area contributed by atoms with Gasteiger partial charge in [-0.15, -0.1) is 0 Å². The molecule has 10 heteroatoms. The second-order valence-corrected chi connectivity index (χ2v) is 8.27. The van der Waals surface area contributed by atoms with Crippen LogP contribution in [0, 0.1) is 10.1 Å². The maximum absolute atomic E-state index is 12.6. The monoisotopic (exact) mass is 432 g/mol. The molecule has 0 aliphatic rings. The molecule has 0 atom stereocenters. The van der Waals surface area contributed by atoms with Crippen molar-refractivity contribution in [2.24, 2.45) is 0 Å². The third kappa shape index (κ3) is 4.90. The molecular formula is C17H18Cl2N2O5S. The molecule has 0 amide bonds. The first-order valence-corrected chi connectivity index (χ1v) is 10.3. The summed E-state index contributed by atoms with van der Waals surface area (Å²) in [4.78, 5) is 10.6. The highest BCUT2D eigenvalue weighted by molar-refractivity contribution is 7.89. The predicted octanol–water partition coefficient (Wildman–Crippen LogP) is 4.51. The van der Waals surface area contributed by atoms with E-state index >= 15 is 0 Å². The number of halogens is 2. The molecule has 0 spiro atoms. The first kappa shape index (κ1) is 21.4. The molecule has 2 rings (SSSR count). The number of hydrogen-bond donors (Lipinski definition) is 0. The number of nitro benzene ring substituents is 1. The van der Waals surface area contributed by atoms with Gasteiger partial charge in [-0.3, -0.25) is 10.1 Å². The number of nitrogens with zero attached hydrogens (tertiary/aromatic N) is 2. The molecule has 0 heterocycles. The molecule has 2 aromatic carbocycles. The van der Waals surface area contributed by atoms with Crippen molar-refractivity contribution in [3.05, 3.63) is 62.1 Å². The largest absolute Gasteiger partial charge is 0.482 e.